The molecule has 0 aliphatic heterocycles. The van der Waals surface area contributed by atoms with Gasteiger partial charge in [-0.25, -0.2) is 4.98 Å². The van der Waals surface area contributed by atoms with Gasteiger partial charge in [-0.05, 0) is 14.0 Å². The monoisotopic (exact) mass is 139 g/mol. The maximum absolute atomic E-state index is 4.18. The largest absolute Gasteiger partial charge is 0.334 e. The third kappa shape index (κ3) is 1.36. The van der Waals surface area contributed by atoms with Crippen LogP contribution in [0.15, 0.2) is 12.4 Å². The summed E-state index contributed by atoms with van der Waals surface area (Å²) in [6.45, 7) is 3.96. The Hall–Kier alpha value is -0.830. The first-order chi connectivity index (χ1) is 4.88. The van der Waals surface area contributed by atoms with Gasteiger partial charge in [0.25, 0.3) is 0 Å². The van der Waals surface area contributed by atoms with E-state index in [1.165, 1.54) is 0 Å². The molecule has 1 rings (SSSR count). The number of rotatable bonds is 3. The van der Waals surface area contributed by atoms with Crippen LogP contribution in [-0.4, -0.2) is 16.6 Å². The van der Waals surface area contributed by atoms with Gasteiger partial charge >= 0.3 is 0 Å². The molecule has 0 bridgehead atoms. The van der Waals surface area contributed by atoms with E-state index in [-0.39, 0.29) is 0 Å². The van der Waals surface area contributed by atoms with Gasteiger partial charge in [-0.15, -0.1) is 0 Å². The van der Waals surface area contributed by atoms with E-state index in [4.69, 9.17) is 0 Å². The summed E-state index contributed by atoms with van der Waals surface area (Å²) in [6.07, 6.45) is 3.82. The summed E-state index contributed by atoms with van der Waals surface area (Å²) < 4.78 is 2.12. The van der Waals surface area contributed by atoms with Gasteiger partial charge in [-0.1, -0.05) is 0 Å². The minimum Gasteiger partial charge on any atom is -0.334 e. The maximum Gasteiger partial charge on any atom is 0.122 e. The van der Waals surface area contributed by atoms with Crippen molar-refractivity contribution < 1.29 is 0 Å². The lowest BCUT2D eigenvalue weighted by Crippen LogP contribution is -2.11. The molecular weight excluding hydrogens is 126 g/mol. The van der Waals surface area contributed by atoms with Crippen molar-refractivity contribution in [3.05, 3.63) is 18.2 Å². The van der Waals surface area contributed by atoms with Crippen LogP contribution in [0.2, 0.25) is 0 Å². The van der Waals surface area contributed by atoms with E-state index in [0.29, 0.717) is 0 Å². The van der Waals surface area contributed by atoms with E-state index in [2.05, 4.69) is 21.8 Å². The Morgan fingerprint density at radius 3 is 3.10 bits per heavy atom. The molecule has 1 N–H and O–H groups in total. The number of imidazole rings is 1. The molecule has 0 aliphatic rings. The SMILES string of the molecule is CCn1ccnc1CNC. The molecule has 0 unspecified atom stereocenters. The Morgan fingerprint density at radius 2 is 2.50 bits per heavy atom. The molecule has 0 saturated heterocycles. The maximum atomic E-state index is 4.18. The van der Waals surface area contributed by atoms with E-state index in [9.17, 15) is 0 Å². The smallest absolute Gasteiger partial charge is 0.122 e. The predicted molar refractivity (Wildman–Crippen MR) is 40.7 cm³/mol. The summed E-state index contributed by atoms with van der Waals surface area (Å²) in [5.74, 6) is 1.10. The second kappa shape index (κ2) is 3.37. The molecule has 0 saturated carbocycles. The Morgan fingerprint density at radius 1 is 1.70 bits per heavy atom. The molecule has 3 nitrogen and oxygen atoms in total. The minimum absolute atomic E-state index is 0.848. The van der Waals surface area contributed by atoms with Crippen molar-refractivity contribution in [2.75, 3.05) is 7.05 Å². The Labute approximate surface area is 61.1 Å². The van der Waals surface area contributed by atoms with Crippen LogP contribution in [0, 0.1) is 0 Å². The molecule has 0 aliphatic carbocycles. The highest BCUT2D eigenvalue weighted by Gasteiger charge is 1.96. The van der Waals surface area contributed by atoms with Crippen molar-refractivity contribution in [1.82, 2.24) is 14.9 Å². The van der Waals surface area contributed by atoms with Gasteiger partial charge in [-0.3, -0.25) is 0 Å². The summed E-state index contributed by atoms with van der Waals surface area (Å²) in [6, 6.07) is 0. The number of nitrogens with zero attached hydrogens (tertiary/aromatic N) is 2. The molecule has 1 aromatic rings. The minimum atomic E-state index is 0.848. The van der Waals surface area contributed by atoms with Crippen molar-refractivity contribution in [2.45, 2.75) is 20.0 Å². The summed E-state index contributed by atoms with van der Waals surface area (Å²) in [4.78, 5) is 4.18. The van der Waals surface area contributed by atoms with E-state index < -0.39 is 0 Å². The first-order valence-corrected chi connectivity index (χ1v) is 3.53. The van der Waals surface area contributed by atoms with Crippen LogP contribution >= 0.6 is 0 Å². The van der Waals surface area contributed by atoms with E-state index in [0.717, 1.165) is 18.9 Å². The molecule has 0 radical (unpaired) electrons. The third-order valence-corrected chi connectivity index (χ3v) is 1.48. The van der Waals surface area contributed by atoms with Gasteiger partial charge in [0.15, 0.2) is 0 Å². The standard InChI is InChI=1S/C7H13N3/c1-3-10-5-4-9-7(10)6-8-2/h4-5,8H,3,6H2,1-2H3. The quantitative estimate of drug-likeness (QED) is 0.665. The molecule has 0 fully saturated rings. The summed E-state index contributed by atoms with van der Waals surface area (Å²) in [7, 11) is 1.93. The van der Waals surface area contributed by atoms with Crippen LogP contribution in [0.5, 0.6) is 0 Å². The van der Waals surface area contributed by atoms with E-state index in [1.807, 2.05) is 19.4 Å². The van der Waals surface area contributed by atoms with Gasteiger partial charge in [0.1, 0.15) is 5.82 Å². The molecule has 10 heavy (non-hydrogen) atoms. The van der Waals surface area contributed by atoms with Crippen molar-refractivity contribution in [2.24, 2.45) is 0 Å². The first-order valence-electron chi connectivity index (χ1n) is 3.53. The molecule has 3 heteroatoms. The van der Waals surface area contributed by atoms with Crippen LogP contribution in [0.3, 0.4) is 0 Å². The lowest BCUT2D eigenvalue weighted by molar-refractivity contribution is 0.657. The number of aromatic nitrogens is 2. The second-order valence-electron chi connectivity index (χ2n) is 2.16. The highest BCUT2D eigenvalue weighted by Crippen LogP contribution is 1.95. The molecule has 1 heterocycles. The molecule has 0 atom stereocenters. The number of hydrogen-bond acceptors (Lipinski definition) is 2. The molecule has 0 aromatic carbocycles. The molecule has 0 spiro atoms. The topological polar surface area (TPSA) is 29.9 Å². The normalized spacial score (nSPS) is 10.2. The fourth-order valence-electron chi connectivity index (χ4n) is 0.953. The van der Waals surface area contributed by atoms with E-state index >= 15 is 0 Å². The fourth-order valence-corrected chi connectivity index (χ4v) is 0.953. The number of hydrogen-bond donors (Lipinski definition) is 1. The van der Waals surface area contributed by atoms with Crippen LogP contribution in [-0.2, 0) is 13.1 Å². The molecule has 1 aromatic heterocycles. The lowest BCUT2D eigenvalue weighted by Gasteiger charge is -2.01. The Kier molecular flexibility index (Phi) is 2.45. The van der Waals surface area contributed by atoms with Gasteiger partial charge in [-0.2, -0.15) is 0 Å². The second-order valence-corrected chi connectivity index (χ2v) is 2.16. The molecule has 56 valence electrons. The van der Waals surface area contributed by atoms with E-state index in [1.54, 1.807) is 0 Å². The average molecular weight is 139 g/mol. The van der Waals surface area contributed by atoms with Crippen molar-refractivity contribution in [3.63, 3.8) is 0 Å². The fraction of sp³-hybridized carbons (Fsp3) is 0.571. The van der Waals surface area contributed by atoms with Gasteiger partial charge in [0, 0.05) is 18.9 Å². The van der Waals surface area contributed by atoms with Crippen molar-refractivity contribution in [1.29, 1.82) is 0 Å². The zero-order chi connectivity index (χ0) is 7.40. The Balaban J connectivity index is 2.70. The lowest BCUT2D eigenvalue weighted by atomic mass is 10.5. The summed E-state index contributed by atoms with van der Waals surface area (Å²) in [5, 5.41) is 3.06. The predicted octanol–water partition coefficient (Wildman–Crippen LogP) is 0.622. The molecular formula is C7H13N3. The zero-order valence-electron chi connectivity index (χ0n) is 6.46. The summed E-state index contributed by atoms with van der Waals surface area (Å²) in [5.41, 5.74) is 0. The van der Waals surface area contributed by atoms with Crippen LogP contribution < -0.4 is 5.32 Å². The number of nitrogens with one attached hydrogen (secondary N) is 1. The highest BCUT2D eigenvalue weighted by atomic mass is 15.1. The average Bonchev–Trinajstić information content (AvgIpc) is 2.36. The van der Waals surface area contributed by atoms with Crippen molar-refractivity contribution >= 4 is 0 Å². The van der Waals surface area contributed by atoms with Gasteiger partial charge < -0.3 is 9.88 Å². The van der Waals surface area contributed by atoms with Crippen LogP contribution in [0.4, 0.5) is 0 Å². The Bertz CT molecular complexity index is 192. The highest BCUT2D eigenvalue weighted by molar-refractivity contribution is 4.90. The van der Waals surface area contributed by atoms with Gasteiger partial charge in [0.2, 0.25) is 0 Å². The zero-order valence-corrected chi connectivity index (χ0v) is 6.46. The van der Waals surface area contributed by atoms with Crippen LogP contribution in [0.1, 0.15) is 12.7 Å². The number of aryl methyl sites for hydroxylation is 1. The molecule has 0 amide bonds. The summed E-state index contributed by atoms with van der Waals surface area (Å²) >= 11 is 0. The third-order valence-electron chi connectivity index (χ3n) is 1.48. The van der Waals surface area contributed by atoms with Crippen molar-refractivity contribution in [3.8, 4) is 0 Å². The van der Waals surface area contributed by atoms with Gasteiger partial charge in [0.05, 0.1) is 6.54 Å². The van der Waals surface area contributed by atoms with Crippen LogP contribution in [0.25, 0.3) is 0 Å². The first kappa shape index (κ1) is 7.28.